The van der Waals surface area contributed by atoms with Gasteiger partial charge in [-0.3, -0.25) is 0 Å². The topological polar surface area (TPSA) is 77.7 Å². The molecule has 0 radical (unpaired) electrons. The van der Waals surface area contributed by atoms with E-state index in [-0.39, 0.29) is 18.6 Å². The van der Waals surface area contributed by atoms with E-state index in [1.807, 2.05) is 74.5 Å². The molecule has 1 fully saturated rings. The summed E-state index contributed by atoms with van der Waals surface area (Å²) in [5, 5.41) is 4.09. The van der Waals surface area contributed by atoms with Crippen LogP contribution in [0.4, 0.5) is 4.79 Å². The molecule has 0 N–H and O–H groups in total. The highest BCUT2D eigenvalue weighted by Gasteiger charge is 2.34. The van der Waals surface area contributed by atoms with Crippen molar-refractivity contribution in [2.24, 2.45) is 11.8 Å². The molecule has 5 rings (SSSR count). The molecule has 1 saturated heterocycles. The zero-order valence-electron chi connectivity index (χ0n) is 22.0. The first-order chi connectivity index (χ1) is 18.5. The Morgan fingerprint density at radius 3 is 2.47 bits per heavy atom. The van der Waals surface area contributed by atoms with Crippen LogP contribution >= 0.6 is 0 Å². The highest BCUT2D eigenvalue weighted by Crippen LogP contribution is 2.34. The monoisotopic (exact) mass is 511 g/mol. The molecular weight excluding hydrogens is 478 g/mol. The van der Waals surface area contributed by atoms with Crippen molar-refractivity contribution in [1.82, 2.24) is 15.0 Å². The minimum atomic E-state index is -0.233. The van der Waals surface area contributed by atoms with E-state index < -0.39 is 0 Å². The Morgan fingerprint density at radius 2 is 1.71 bits per heavy atom. The van der Waals surface area contributed by atoms with Crippen molar-refractivity contribution >= 4 is 6.09 Å². The van der Waals surface area contributed by atoms with Crippen LogP contribution in [0.5, 0.6) is 5.75 Å². The molecule has 1 aliphatic rings. The van der Waals surface area contributed by atoms with Gasteiger partial charge in [0, 0.05) is 24.6 Å². The summed E-state index contributed by atoms with van der Waals surface area (Å²) in [6, 6.07) is 26.3. The van der Waals surface area contributed by atoms with Crippen molar-refractivity contribution in [3.05, 3.63) is 90.3 Å². The Morgan fingerprint density at radius 1 is 0.974 bits per heavy atom. The number of carbonyl (C=O) groups is 1. The molecule has 7 nitrogen and oxygen atoms in total. The van der Waals surface area contributed by atoms with E-state index in [1.165, 1.54) is 0 Å². The molecule has 4 aromatic rings. The van der Waals surface area contributed by atoms with Gasteiger partial charge in [0.1, 0.15) is 5.75 Å². The van der Waals surface area contributed by atoms with E-state index in [1.54, 1.807) is 4.90 Å². The number of hydrogen-bond donors (Lipinski definition) is 0. The Kier molecular flexibility index (Phi) is 7.73. The first-order valence-corrected chi connectivity index (χ1v) is 13.1. The van der Waals surface area contributed by atoms with E-state index in [2.05, 4.69) is 35.3 Å². The number of rotatable bonds is 8. The molecule has 196 valence electrons. The number of benzene rings is 3. The van der Waals surface area contributed by atoms with Gasteiger partial charge in [-0.05, 0) is 52.8 Å². The zero-order valence-corrected chi connectivity index (χ0v) is 22.0. The second-order valence-corrected chi connectivity index (χ2v) is 10.3. The fourth-order valence-electron chi connectivity index (χ4n) is 4.73. The van der Waals surface area contributed by atoms with Crippen molar-refractivity contribution in [2.45, 2.75) is 33.3 Å². The van der Waals surface area contributed by atoms with Crippen LogP contribution in [0.3, 0.4) is 0 Å². The van der Waals surface area contributed by atoms with Gasteiger partial charge in [0.05, 0.1) is 6.61 Å². The summed E-state index contributed by atoms with van der Waals surface area (Å²) in [6.45, 7) is 8.20. The quantitative estimate of drug-likeness (QED) is 0.259. The van der Waals surface area contributed by atoms with Crippen LogP contribution in [-0.2, 0) is 11.3 Å². The van der Waals surface area contributed by atoms with Gasteiger partial charge in [0.15, 0.2) is 6.61 Å². The SMILES string of the molecule is CC(C)COC(=O)N1CC(C)[C@H](c2cccc(OCc3noc(-c4ccc(-c5ccccc5)cc4)n3)c2)C1. The van der Waals surface area contributed by atoms with E-state index in [0.717, 1.165) is 28.0 Å². The normalized spacial score (nSPS) is 17.1. The largest absolute Gasteiger partial charge is 0.485 e. The van der Waals surface area contributed by atoms with Gasteiger partial charge in [-0.2, -0.15) is 4.98 Å². The molecule has 2 atom stereocenters. The summed E-state index contributed by atoms with van der Waals surface area (Å²) in [5.74, 6) is 2.53. The summed E-state index contributed by atoms with van der Waals surface area (Å²) in [7, 11) is 0. The molecule has 7 heteroatoms. The van der Waals surface area contributed by atoms with Gasteiger partial charge < -0.3 is 18.9 Å². The number of ether oxygens (including phenoxy) is 2. The van der Waals surface area contributed by atoms with E-state index in [0.29, 0.717) is 43.2 Å². The maximum Gasteiger partial charge on any atom is 0.409 e. The van der Waals surface area contributed by atoms with Crippen molar-refractivity contribution in [3.8, 4) is 28.3 Å². The minimum Gasteiger partial charge on any atom is -0.485 e. The Labute approximate surface area is 223 Å². The van der Waals surface area contributed by atoms with Gasteiger partial charge in [0.25, 0.3) is 5.89 Å². The van der Waals surface area contributed by atoms with E-state index in [4.69, 9.17) is 14.0 Å². The Balaban J connectivity index is 1.19. The fraction of sp³-hybridized carbons (Fsp3) is 0.323. The highest BCUT2D eigenvalue weighted by atomic mass is 16.6. The van der Waals surface area contributed by atoms with Gasteiger partial charge in [-0.1, -0.05) is 80.5 Å². The molecule has 0 saturated carbocycles. The minimum absolute atomic E-state index is 0.197. The van der Waals surface area contributed by atoms with Crippen LogP contribution in [0.15, 0.2) is 83.4 Å². The van der Waals surface area contributed by atoms with Crippen LogP contribution in [-0.4, -0.2) is 40.8 Å². The van der Waals surface area contributed by atoms with Crippen molar-refractivity contribution in [2.75, 3.05) is 19.7 Å². The van der Waals surface area contributed by atoms with Crippen LogP contribution in [0.1, 0.15) is 38.1 Å². The molecule has 3 aromatic carbocycles. The molecule has 1 unspecified atom stereocenters. The summed E-state index contributed by atoms with van der Waals surface area (Å²) in [4.78, 5) is 18.8. The van der Waals surface area contributed by atoms with Crippen molar-refractivity contribution in [1.29, 1.82) is 0 Å². The summed E-state index contributed by atoms with van der Waals surface area (Å²) < 4.78 is 16.9. The van der Waals surface area contributed by atoms with E-state index in [9.17, 15) is 4.79 Å². The van der Waals surface area contributed by atoms with E-state index >= 15 is 0 Å². The predicted octanol–water partition coefficient (Wildman–Crippen LogP) is 6.81. The van der Waals surface area contributed by atoms with Gasteiger partial charge in [0.2, 0.25) is 5.82 Å². The Bertz CT molecular complexity index is 1350. The van der Waals surface area contributed by atoms with Gasteiger partial charge in [-0.15, -0.1) is 0 Å². The number of amides is 1. The average Bonchev–Trinajstić information content (AvgIpc) is 3.58. The number of likely N-dealkylation sites (tertiary alicyclic amines) is 1. The molecule has 0 aliphatic carbocycles. The number of hydrogen-bond acceptors (Lipinski definition) is 6. The van der Waals surface area contributed by atoms with Gasteiger partial charge >= 0.3 is 6.09 Å². The lowest BCUT2D eigenvalue weighted by atomic mass is 9.90. The second-order valence-electron chi connectivity index (χ2n) is 10.3. The van der Waals surface area contributed by atoms with Crippen LogP contribution < -0.4 is 4.74 Å². The number of aromatic nitrogens is 2. The second kappa shape index (κ2) is 11.5. The lowest BCUT2D eigenvalue weighted by molar-refractivity contribution is 0.0983. The maximum absolute atomic E-state index is 12.4. The molecule has 1 amide bonds. The highest BCUT2D eigenvalue weighted by molar-refractivity contribution is 5.68. The third-order valence-corrected chi connectivity index (χ3v) is 6.77. The zero-order chi connectivity index (χ0) is 26.5. The smallest absolute Gasteiger partial charge is 0.409 e. The van der Waals surface area contributed by atoms with Crippen molar-refractivity contribution < 1.29 is 18.8 Å². The number of nitrogens with zero attached hydrogens (tertiary/aromatic N) is 3. The third kappa shape index (κ3) is 6.05. The molecule has 38 heavy (non-hydrogen) atoms. The molecule has 0 bridgehead atoms. The predicted molar refractivity (Wildman–Crippen MR) is 146 cm³/mol. The summed E-state index contributed by atoms with van der Waals surface area (Å²) in [6.07, 6.45) is -0.233. The average molecular weight is 512 g/mol. The first-order valence-electron chi connectivity index (χ1n) is 13.1. The molecule has 2 heterocycles. The van der Waals surface area contributed by atoms with Crippen LogP contribution in [0.25, 0.3) is 22.6 Å². The van der Waals surface area contributed by atoms with Crippen LogP contribution in [0, 0.1) is 11.8 Å². The van der Waals surface area contributed by atoms with Crippen LogP contribution in [0.2, 0.25) is 0 Å². The first kappa shape index (κ1) is 25.5. The maximum atomic E-state index is 12.4. The third-order valence-electron chi connectivity index (χ3n) is 6.77. The van der Waals surface area contributed by atoms with Crippen molar-refractivity contribution in [3.63, 3.8) is 0 Å². The summed E-state index contributed by atoms with van der Waals surface area (Å²) in [5.41, 5.74) is 4.29. The standard InChI is InChI=1S/C31H33N3O4/c1-21(2)19-37-31(35)34-17-22(3)28(18-34)26-10-7-11-27(16-26)36-20-29-32-30(38-33-29)25-14-12-24(13-15-25)23-8-5-4-6-9-23/h4-16,21-22,28H,17-20H2,1-3H3/t22?,28-/m1/s1. The molecule has 0 spiro atoms. The fourth-order valence-corrected chi connectivity index (χ4v) is 4.73. The van der Waals surface area contributed by atoms with Gasteiger partial charge in [-0.25, -0.2) is 4.79 Å². The molecule has 1 aliphatic heterocycles. The summed E-state index contributed by atoms with van der Waals surface area (Å²) >= 11 is 0. The number of carbonyl (C=O) groups excluding carboxylic acids is 1. The lowest BCUT2D eigenvalue weighted by Crippen LogP contribution is -2.30. The molecule has 1 aromatic heterocycles. The molecular formula is C31H33N3O4. The lowest BCUT2D eigenvalue weighted by Gasteiger charge is -2.17. The Hall–Kier alpha value is -4.13.